The van der Waals surface area contributed by atoms with E-state index in [-0.39, 0.29) is 5.75 Å². The number of nitrogens with zero attached hydrogens (tertiary/aromatic N) is 2. The van der Waals surface area contributed by atoms with Gasteiger partial charge in [0.05, 0.1) is 12.3 Å². The van der Waals surface area contributed by atoms with Crippen LogP contribution >= 0.6 is 0 Å². The van der Waals surface area contributed by atoms with Crippen molar-refractivity contribution < 1.29 is 9.84 Å². The molecular formula is C11H12N2O2. The molecule has 0 atom stereocenters. The van der Waals surface area contributed by atoms with E-state index in [1.54, 1.807) is 23.0 Å². The summed E-state index contributed by atoms with van der Waals surface area (Å²) in [6, 6.07) is 6.87. The molecule has 1 heterocycles. The fourth-order valence-corrected chi connectivity index (χ4v) is 1.37. The van der Waals surface area contributed by atoms with Gasteiger partial charge in [-0.25, -0.2) is 4.68 Å². The average molecular weight is 204 g/mol. The first-order chi connectivity index (χ1) is 7.29. The predicted molar refractivity (Wildman–Crippen MR) is 56.4 cm³/mol. The summed E-state index contributed by atoms with van der Waals surface area (Å²) >= 11 is 0. The normalized spacial score (nSPS) is 10.2. The second-order valence-corrected chi connectivity index (χ2v) is 3.07. The molecular weight excluding hydrogens is 192 g/mol. The fourth-order valence-electron chi connectivity index (χ4n) is 1.37. The van der Waals surface area contributed by atoms with Gasteiger partial charge in [0.15, 0.2) is 0 Å². The van der Waals surface area contributed by atoms with E-state index in [0.717, 1.165) is 5.69 Å². The highest BCUT2D eigenvalue weighted by molar-refractivity contribution is 5.45. The van der Waals surface area contributed by atoms with Crippen LogP contribution in [0.25, 0.3) is 5.69 Å². The average Bonchev–Trinajstić information content (AvgIpc) is 2.70. The molecule has 0 fully saturated rings. The highest BCUT2D eigenvalue weighted by atomic mass is 16.5. The second kappa shape index (κ2) is 4.04. The molecule has 1 N–H and O–H groups in total. The summed E-state index contributed by atoms with van der Waals surface area (Å²) in [6.07, 6.45) is 3.49. The van der Waals surface area contributed by atoms with E-state index in [0.29, 0.717) is 12.4 Å². The van der Waals surface area contributed by atoms with Crippen molar-refractivity contribution in [2.24, 2.45) is 0 Å². The lowest BCUT2D eigenvalue weighted by atomic mass is 10.3. The van der Waals surface area contributed by atoms with Crippen molar-refractivity contribution in [2.75, 3.05) is 6.61 Å². The Balaban J connectivity index is 2.40. The number of benzene rings is 1. The van der Waals surface area contributed by atoms with Gasteiger partial charge in [0, 0.05) is 30.6 Å². The number of rotatable bonds is 3. The molecule has 4 heteroatoms. The summed E-state index contributed by atoms with van der Waals surface area (Å²) in [5, 5.41) is 13.6. The lowest BCUT2D eigenvalue weighted by Crippen LogP contribution is -1.96. The molecule has 2 aromatic rings. The molecule has 78 valence electrons. The van der Waals surface area contributed by atoms with Crippen LogP contribution in [0.4, 0.5) is 0 Å². The van der Waals surface area contributed by atoms with Crippen LogP contribution in [0, 0.1) is 0 Å². The summed E-state index contributed by atoms with van der Waals surface area (Å²) < 4.78 is 6.99. The Labute approximate surface area is 87.7 Å². The van der Waals surface area contributed by atoms with Crippen molar-refractivity contribution in [1.29, 1.82) is 0 Å². The number of hydrogen-bond acceptors (Lipinski definition) is 3. The van der Waals surface area contributed by atoms with Crippen LogP contribution in [-0.2, 0) is 0 Å². The van der Waals surface area contributed by atoms with Crippen LogP contribution in [-0.4, -0.2) is 21.5 Å². The van der Waals surface area contributed by atoms with Crippen LogP contribution < -0.4 is 4.74 Å². The van der Waals surface area contributed by atoms with E-state index in [2.05, 4.69) is 5.10 Å². The van der Waals surface area contributed by atoms with Gasteiger partial charge in [0.25, 0.3) is 0 Å². The Morgan fingerprint density at radius 1 is 1.40 bits per heavy atom. The molecule has 0 amide bonds. The van der Waals surface area contributed by atoms with Crippen molar-refractivity contribution in [3.63, 3.8) is 0 Å². The predicted octanol–water partition coefficient (Wildman–Crippen LogP) is 1.98. The largest absolute Gasteiger partial charge is 0.508 e. The molecule has 0 spiro atoms. The molecule has 1 aromatic carbocycles. The maximum atomic E-state index is 9.50. The first kappa shape index (κ1) is 9.58. The van der Waals surface area contributed by atoms with Crippen molar-refractivity contribution in [1.82, 2.24) is 9.78 Å². The zero-order valence-electron chi connectivity index (χ0n) is 8.42. The zero-order chi connectivity index (χ0) is 10.7. The van der Waals surface area contributed by atoms with Crippen molar-refractivity contribution >= 4 is 0 Å². The number of ether oxygens (including phenoxy) is 1. The van der Waals surface area contributed by atoms with Gasteiger partial charge in [-0.05, 0) is 13.0 Å². The second-order valence-electron chi connectivity index (χ2n) is 3.07. The van der Waals surface area contributed by atoms with E-state index < -0.39 is 0 Å². The SMILES string of the molecule is CCOc1cc(O)cc(-n2cccn2)c1. The minimum atomic E-state index is 0.173. The van der Waals surface area contributed by atoms with Crippen LogP contribution in [0.1, 0.15) is 6.92 Å². The monoisotopic (exact) mass is 204 g/mol. The van der Waals surface area contributed by atoms with Gasteiger partial charge in [-0.2, -0.15) is 5.10 Å². The van der Waals surface area contributed by atoms with Crippen LogP contribution in [0.15, 0.2) is 36.7 Å². The first-order valence-electron chi connectivity index (χ1n) is 4.76. The lowest BCUT2D eigenvalue weighted by molar-refractivity contribution is 0.337. The van der Waals surface area contributed by atoms with Crippen LogP contribution in [0.2, 0.25) is 0 Å². The van der Waals surface area contributed by atoms with Gasteiger partial charge in [-0.1, -0.05) is 0 Å². The quantitative estimate of drug-likeness (QED) is 0.831. The minimum Gasteiger partial charge on any atom is -0.508 e. The van der Waals surface area contributed by atoms with E-state index in [4.69, 9.17) is 4.74 Å². The lowest BCUT2D eigenvalue weighted by Gasteiger charge is -2.07. The molecule has 2 rings (SSSR count). The van der Waals surface area contributed by atoms with E-state index in [1.165, 1.54) is 0 Å². The molecule has 0 aliphatic heterocycles. The molecule has 0 aliphatic carbocycles. The smallest absolute Gasteiger partial charge is 0.125 e. The topological polar surface area (TPSA) is 47.3 Å². The van der Waals surface area contributed by atoms with Crippen molar-refractivity contribution in [3.8, 4) is 17.2 Å². The van der Waals surface area contributed by atoms with Crippen molar-refractivity contribution in [2.45, 2.75) is 6.92 Å². The molecule has 0 bridgehead atoms. The molecule has 0 saturated heterocycles. The molecule has 1 aromatic heterocycles. The van der Waals surface area contributed by atoms with Gasteiger partial charge < -0.3 is 9.84 Å². The summed E-state index contributed by atoms with van der Waals surface area (Å²) in [5.74, 6) is 0.814. The fraction of sp³-hybridized carbons (Fsp3) is 0.182. The number of hydrogen-bond donors (Lipinski definition) is 1. The van der Waals surface area contributed by atoms with Gasteiger partial charge in [0.1, 0.15) is 11.5 Å². The molecule has 0 saturated carbocycles. The maximum absolute atomic E-state index is 9.50. The van der Waals surface area contributed by atoms with Crippen LogP contribution in [0.5, 0.6) is 11.5 Å². The van der Waals surface area contributed by atoms with E-state index >= 15 is 0 Å². The third-order valence-electron chi connectivity index (χ3n) is 1.96. The van der Waals surface area contributed by atoms with E-state index in [1.807, 2.05) is 25.3 Å². The molecule has 4 nitrogen and oxygen atoms in total. The highest BCUT2D eigenvalue weighted by Gasteiger charge is 2.02. The third kappa shape index (κ3) is 2.10. The highest BCUT2D eigenvalue weighted by Crippen LogP contribution is 2.23. The van der Waals surface area contributed by atoms with Gasteiger partial charge >= 0.3 is 0 Å². The number of aromatic nitrogens is 2. The standard InChI is InChI=1S/C11H12N2O2/c1-2-15-11-7-9(6-10(14)8-11)13-5-3-4-12-13/h3-8,14H,2H2,1H3. The van der Waals surface area contributed by atoms with E-state index in [9.17, 15) is 5.11 Å². The Hall–Kier alpha value is -1.97. The summed E-state index contributed by atoms with van der Waals surface area (Å²) in [5.41, 5.74) is 0.781. The minimum absolute atomic E-state index is 0.173. The molecule has 0 aliphatic rings. The third-order valence-corrected chi connectivity index (χ3v) is 1.96. The van der Waals surface area contributed by atoms with Gasteiger partial charge in [-0.3, -0.25) is 0 Å². The number of aromatic hydroxyl groups is 1. The Morgan fingerprint density at radius 3 is 2.93 bits per heavy atom. The van der Waals surface area contributed by atoms with Gasteiger partial charge in [0.2, 0.25) is 0 Å². The molecule has 0 radical (unpaired) electrons. The first-order valence-corrected chi connectivity index (χ1v) is 4.76. The Kier molecular flexibility index (Phi) is 2.58. The molecule has 0 unspecified atom stereocenters. The zero-order valence-corrected chi connectivity index (χ0v) is 8.42. The van der Waals surface area contributed by atoms with Crippen molar-refractivity contribution in [3.05, 3.63) is 36.7 Å². The number of phenols is 1. The Bertz CT molecular complexity index is 438. The molecule has 15 heavy (non-hydrogen) atoms. The number of phenolic OH excluding ortho intramolecular Hbond substituents is 1. The Morgan fingerprint density at radius 2 is 2.27 bits per heavy atom. The summed E-state index contributed by atoms with van der Waals surface area (Å²) in [6.45, 7) is 2.47. The maximum Gasteiger partial charge on any atom is 0.125 e. The van der Waals surface area contributed by atoms with Gasteiger partial charge in [-0.15, -0.1) is 0 Å². The summed E-state index contributed by atoms with van der Waals surface area (Å²) in [4.78, 5) is 0. The summed E-state index contributed by atoms with van der Waals surface area (Å²) in [7, 11) is 0. The van der Waals surface area contributed by atoms with Crippen LogP contribution in [0.3, 0.4) is 0 Å².